The van der Waals surface area contributed by atoms with Crippen LogP contribution in [0.2, 0.25) is 0 Å². The Morgan fingerprint density at radius 2 is 1.96 bits per heavy atom. The predicted molar refractivity (Wildman–Crippen MR) is 98.3 cm³/mol. The summed E-state index contributed by atoms with van der Waals surface area (Å²) in [5.41, 5.74) is 3.05. The molecule has 3 N–H and O–H groups in total. The van der Waals surface area contributed by atoms with Gasteiger partial charge in [-0.2, -0.15) is 0 Å². The highest BCUT2D eigenvalue weighted by Crippen LogP contribution is 2.53. The van der Waals surface area contributed by atoms with Gasteiger partial charge in [0.15, 0.2) is 0 Å². The Bertz CT molecular complexity index is 828. The number of fused-ring (bicyclic) bond motifs is 3. The summed E-state index contributed by atoms with van der Waals surface area (Å²) >= 11 is 0. The maximum absolute atomic E-state index is 10.4. The number of rotatable bonds is 3. The topological polar surface area (TPSA) is 61.7 Å². The Balaban J connectivity index is 1.80. The third-order valence-electron chi connectivity index (χ3n) is 5.07. The van der Waals surface area contributed by atoms with Gasteiger partial charge in [0.05, 0.1) is 17.8 Å². The van der Waals surface area contributed by atoms with Crippen LogP contribution in [-0.4, -0.2) is 16.3 Å². The summed E-state index contributed by atoms with van der Waals surface area (Å²) in [5, 5.41) is 23.6. The van der Waals surface area contributed by atoms with E-state index >= 15 is 0 Å². The minimum Gasteiger partial charge on any atom is -0.508 e. The second-order valence-corrected chi connectivity index (χ2v) is 7.11. The average Bonchev–Trinajstić information content (AvgIpc) is 3.04. The van der Waals surface area contributed by atoms with Crippen molar-refractivity contribution in [2.45, 2.75) is 38.3 Å². The van der Waals surface area contributed by atoms with Crippen LogP contribution in [0.4, 0.5) is 5.69 Å². The van der Waals surface area contributed by atoms with E-state index in [4.69, 9.17) is 4.74 Å². The van der Waals surface area contributed by atoms with Gasteiger partial charge in [-0.1, -0.05) is 24.3 Å². The molecule has 0 amide bonds. The van der Waals surface area contributed by atoms with E-state index in [9.17, 15) is 10.2 Å². The van der Waals surface area contributed by atoms with Crippen molar-refractivity contribution in [3.8, 4) is 17.2 Å². The monoisotopic (exact) mass is 337 g/mol. The van der Waals surface area contributed by atoms with Crippen LogP contribution in [0.25, 0.3) is 0 Å². The van der Waals surface area contributed by atoms with Gasteiger partial charge < -0.3 is 20.3 Å². The molecular formula is C21H23NO3. The highest BCUT2D eigenvalue weighted by molar-refractivity contribution is 5.68. The molecule has 2 aromatic carbocycles. The second kappa shape index (κ2) is 6.03. The fourth-order valence-electron chi connectivity index (χ4n) is 4.05. The first-order valence-electron chi connectivity index (χ1n) is 8.79. The molecule has 0 bridgehead atoms. The lowest BCUT2D eigenvalue weighted by Gasteiger charge is -2.38. The van der Waals surface area contributed by atoms with Gasteiger partial charge in [-0.3, -0.25) is 0 Å². The number of hydrogen-bond donors (Lipinski definition) is 3. The number of aromatic hydroxyl groups is 2. The van der Waals surface area contributed by atoms with E-state index in [-0.39, 0.29) is 23.6 Å². The van der Waals surface area contributed by atoms with Gasteiger partial charge in [-0.25, -0.2) is 0 Å². The van der Waals surface area contributed by atoms with E-state index < -0.39 is 0 Å². The summed E-state index contributed by atoms with van der Waals surface area (Å²) in [6, 6.07) is 11.0. The summed E-state index contributed by atoms with van der Waals surface area (Å²) in [4.78, 5) is 0. The van der Waals surface area contributed by atoms with Gasteiger partial charge in [0.2, 0.25) is 0 Å². The minimum atomic E-state index is -0.0370. The number of allylic oxidation sites excluding steroid dienone is 2. The molecule has 0 fully saturated rings. The third-order valence-corrected chi connectivity index (χ3v) is 5.07. The lowest BCUT2D eigenvalue weighted by molar-refractivity contribution is 0.242. The Labute approximate surface area is 147 Å². The van der Waals surface area contributed by atoms with Gasteiger partial charge in [-0.15, -0.1) is 0 Å². The minimum absolute atomic E-state index is 0.0370. The van der Waals surface area contributed by atoms with Crippen molar-refractivity contribution in [2.75, 3.05) is 5.32 Å². The molecule has 1 aliphatic carbocycles. The molecule has 4 nitrogen and oxygen atoms in total. The Kier molecular flexibility index (Phi) is 3.83. The van der Waals surface area contributed by atoms with Gasteiger partial charge in [0.1, 0.15) is 17.2 Å². The molecule has 0 aromatic heterocycles. The predicted octanol–water partition coefficient (Wildman–Crippen LogP) is 4.71. The molecule has 2 aromatic rings. The van der Waals surface area contributed by atoms with Crippen molar-refractivity contribution < 1.29 is 14.9 Å². The van der Waals surface area contributed by atoms with E-state index in [0.29, 0.717) is 11.8 Å². The van der Waals surface area contributed by atoms with Crippen molar-refractivity contribution in [1.29, 1.82) is 0 Å². The fraction of sp³-hybridized carbons (Fsp3) is 0.333. The number of nitrogens with one attached hydrogen (secondary N) is 1. The molecular weight excluding hydrogens is 314 g/mol. The maximum Gasteiger partial charge on any atom is 0.143 e. The molecule has 1 heterocycles. The summed E-state index contributed by atoms with van der Waals surface area (Å²) in [6.45, 7) is 4.04. The molecule has 0 saturated heterocycles. The number of phenolic OH excluding ortho intramolecular Hbond substituents is 2. The highest BCUT2D eigenvalue weighted by Gasteiger charge is 2.40. The van der Waals surface area contributed by atoms with Crippen LogP contribution in [0.3, 0.4) is 0 Å². The first kappa shape index (κ1) is 15.9. The first-order valence-corrected chi connectivity index (χ1v) is 8.79. The molecule has 3 unspecified atom stereocenters. The summed E-state index contributed by atoms with van der Waals surface area (Å²) in [5.74, 6) is 1.66. The molecule has 25 heavy (non-hydrogen) atoms. The summed E-state index contributed by atoms with van der Waals surface area (Å²) in [6.07, 6.45) is 5.52. The average molecular weight is 337 g/mol. The Morgan fingerprint density at radius 3 is 2.72 bits per heavy atom. The number of hydrogen-bond acceptors (Lipinski definition) is 4. The van der Waals surface area contributed by atoms with Crippen molar-refractivity contribution >= 4 is 5.69 Å². The van der Waals surface area contributed by atoms with E-state index in [1.807, 2.05) is 26.0 Å². The highest BCUT2D eigenvalue weighted by atomic mass is 16.5. The van der Waals surface area contributed by atoms with E-state index in [1.54, 1.807) is 12.1 Å². The SMILES string of the molecule is CC(C)Oc1cccc2c1NC(c1ccc(O)cc1O)C1CC=CC21. The van der Waals surface area contributed by atoms with Crippen molar-refractivity contribution in [3.63, 3.8) is 0 Å². The van der Waals surface area contributed by atoms with E-state index in [0.717, 1.165) is 23.4 Å². The molecule has 3 atom stereocenters. The number of ether oxygens (including phenoxy) is 1. The van der Waals surface area contributed by atoms with Crippen molar-refractivity contribution in [1.82, 2.24) is 0 Å². The lowest BCUT2D eigenvalue weighted by Crippen LogP contribution is -2.29. The zero-order valence-electron chi connectivity index (χ0n) is 14.4. The number of anilines is 1. The molecule has 0 spiro atoms. The Hall–Kier alpha value is -2.62. The lowest BCUT2D eigenvalue weighted by atomic mass is 9.76. The summed E-state index contributed by atoms with van der Waals surface area (Å²) in [7, 11) is 0. The van der Waals surface area contributed by atoms with Crippen LogP contribution in [-0.2, 0) is 0 Å². The van der Waals surface area contributed by atoms with Crippen LogP contribution < -0.4 is 10.1 Å². The van der Waals surface area contributed by atoms with Crippen LogP contribution in [0.15, 0.2) is 48.6 Å². The van der Waals surface area contributed by atoms with Gasteiger partial charge in [0.25, 0.3) is 0 Å². The number of phenols is 2. The molecule has 2 aliphatic rings. The third kappa shape index (κ3) is 2.72. The molecule has 1 aliphatic heterocycles. The van der Waals surface area contributed by atoms with Gasteiger partial charge in [-0.05, 0) is 49.9 Å². The molecule has 4 rings (SSSR count). The van der Waals surface area contributed by atoms with E-state index in [2.05, 4.69) is 23.5 Å². The van der Waals surface area contributed by atoms with Crippen LogP contribution >= 0.6 is 0 Å². The molecule has 4 heteroatoms. The summed E-state index contributed by atoms with van der Waals surface area (Å²) < 4.78 is 6.01. The quantitative estimate of drug-likeness (QED) is 0.710. The molecule has 130 valence electrons. The Morgan fingerprint density at radius 1 is 1.12 bits per heavy atom. The van der Waals surface area contributed by atoms with Gasteiger partial charge >= 0.3 is 0 Å². The molecule has 0 radical (unpaired) electrons. The smallest absolute Gasteiger partial charge is 0.143 e. The molecule has 0 saturated carbocycles. The zero-order chi connectivity index (χ0) is 17.6. The van der Waals surface area contributed by atoms with Crippen LogP contribution in [0.5, 0.6) is 17.2 Å². The number of para-hydroxylation sites is 1. The van der Waals surface area contributed by atoms with Crippen LogP contribution in [0.1, 0.15) is 43.4 Å². The van der Waals surface area contributed by atoms with E-state index in [1.165, 1.54) is 11.6 Å². The van der Waals surface area contributed by atoms with Gasteiger partial charge in [0, 0.05) is 17.5 Å². The van der Waals surface area contributed by atoms with Crippen molar-refractivity contribution in [3.05, 3.63) is 59.7 Å². The maximum atomic E-state index is 10.4. The zero-order valence-corrected chi connectivity index (χ0v) is 14.4. The first-order chi connectivity index (χ1) is 12.0. The largest absolute Gasteiger partial charge is 0.508 e. The second-order valence-electron chi connectivity index (χ2n) is 7.11. The number of benzene rings is 2. The fourth-order valence-corrected chi connectivity index (χ4v) is 4.05. The van der Waals surface area contributed by atoms with Crippen molar-refractivity contribution in [2.24, 2.45) is 5.92 Å². The standard InChI is InChI=1S/C21H23NO3/c1-12(2)25-19-8-4-7-16-14-5-3-6-15(14)20(22-21(16)19)17-10-9-13(23)11-18(17)24/h3-5,7-12,14-15,20,22-24H,6H2,1-2H3. The van der Waals surface area contributed by atoms with Crippen LogP contribution in [0, 0.1) is 5.92 Å². The normalized spacial score (nSPS) is 23.9.